The SMILES string of the molecule is CCCCCCCCCCCC(OCCCCCCCC)OOP(=O)(O)O. The minimum Gasteiger partial charge on any atom is -0.350 e. The van der Waals surface area contributed by atoms with Crippen LogP contribution >= 0.6 is 7.82 Å². The zero-order chi connectivity index (χ0) is 20.2. The van der Waals surface area contributed by atoms with Crippen LogP contribution in [0.3, 0.4) is 0 Å². The van der Waals surface area contributed by atoms with Crippen LogP contribution in [0.25, 0.3) is 0 Å². The molecule has 0 aliphatic carbocycles. The van der Waals surface area contributed by atoms with E-state index in [1.165, 1.54) is 70.6 Å². The summed E-state index contributed by atoms with van der Waals surface area (Å²) in [6, 6.07) is 0. The van der Waals surface area contributed by atoms with Crippen molar-refractivity contribution in [1.29, 1.82) is 0 Å². The lowest BCUT2D eigenvalue weighted by Gasteiger charge is -2.17. The number of hydrogen-bond acceptors (Lipinski definition) is 4. The highest BCUT2D eigenvalue weighted by molar-refractivity contribution is 7.46. The topological polar surface area (TPSA) is 85.2 Å². The van der Waals surface area contributed by atoms with Crippen molar-refractivity contribution in [3.63, 3.8) is 0 Å². The van der Waals surface area contributed by atoms with E-state index < -0.39 is 14.1 Å². The Morgan fingerprint density at radius 3 is 1.63 bits per heavy atom. The molecule has 0 saturated heterocycles. The third-order valence-corrected chi connectivity index (χ3v) is 4.87. The summed E-state index contributed by atoms with van der Waals surface area (Å²) in [7, 11) is -4.64. The predicted molar refractivity (Wildman–Crippen MR) is 109 cm³/mol. The zero-order valence-corrected chi connectivity index (χ0v) is 18.5. The van der Waals surface area contributed by atoms with Crippen molar-refractivity contribution in [2.75, 3.05) is 6.61 Å². The van der Waals surface area contributed by atoms with E-state index in [2.05, 4.69) is 18.5 Å². The van der Waals surface area contributed by atoms with Gasteiger partial charge in [-0.1, -0.05) is 97.3 Å². The van der Waals surface area contributed by atoms with Crippen LogP contribution in [-0.2, 0) is 18.9 Å². The predicted octanol–water partition coefficient (Wildman–Crippen LogP) is 6.65. The van der Waals surface area contributed by atoms with Gasteiger partial charge in [0.05, 0.1) is 0 Å². The van der Waals surface area contributed by atoms with E-state index in [0.717, 1.165) is 25.7 Å². The number of unbranched alkanes of at least 4 members (excludes halogenated alkanes) is 13. The second-order valence-electron chi connectivity index (χ2n) is 7.35. The molecule has 0 heterocycles. The van der Waals surface area contributed by atoms with Gasteiger partial charge in [-0.2, -0.15) is 4.89 Å². The highest BCUT2D eigenvalue weighted by atomic mass is 31.2. The van der Waals surface area contributed by atoms with E-state index >= 15 is 0 Å². The maximum Gasteiger partial charge on any atom is 0.496 e. The van der Waals surface area contributed by atoms with Gasteiger partial charge in [0, 0.05) is 13.0 Å². The highest BCUT2D eigenvalue weighted by Crippen LogP contribution is 2.36. The van der Waals surface area contributed by atoms with Crippen LogP contribution in [0.2, 0.25) is 0 Å². The largest absolute Gasteiger partial charge is 0.496 e. The molecule has 164 valence electrons. The number of ether oxygens (including phenoxy) is 1. The second-order valence-corrected chi connectivity index (χ2v) is 8.48. The van der Waals surface area contributed by atoms with Crippen LogP contribution in [0.1, 0.15) is 117 Å². The van der Waals surface area contributed by atoms with Gasteiger partial charge < -0.3 is 14.5 Å². The molecule has 0 aliphatic rings. The lowest BCUT2D eigenvalue weighted by molar-refractivity contribution is -0.329. The van der Waals surface area contributed by atoms with Gasteiger partial charge >= 0.3 is 7.82 Å². The minimum absolute atomic E-state index is 0.527. The fourth-order valence-corrected chi connectivity index (χ4v) is 3.19. The summed E-state index contributed by atoms with van der Waals surface area (Å²) in [5.74, 6) is 0. The van der Waals surface area contributed by atoms with Gasteiger partial charge in [0.15, 0.2) is 6.29 Å². The Labute approximate surface area is 166 Å². The second kappa shape index (κ2) is 19.4. The number of hydrogen-bond donors (Lipinski definition) is 2. The Hall–Kier alpha value is 0.0300. The van der Waals surface area contributed by atoms with E-state index in [4.69, 9.17) is 19.4 Å². The average Bonchev–Trinajstić information content (AvgIpc) is 2.62. The summed E-state index contributed by atoms with van der Waals surface area (Å²) in [5.41, 5.74) is 0. The highest BCUT2D eigenvalue weighted by Gasteiger charge is 2.20. The molecule has 0 bridgehead atoms. The van der Waals surface area contributed by atoms with Gasteiger partial charge in [0.25, 0.3) is 0 Å². The molecule has 0 radical (unpaired) electrons. The standard InChI is InChI=1S/C20H43O6P/c1-3-5-7-9-11-12-13-14-16-18-20(25-26-27(21,22)23)24-19-17-15-10-8-6-4-2/h20H,3-19H2,1-2H3,(H2,21,22,23). The van der Waals surface area contributed by atoms with Gasteiger partial charge in [-0.25, -0.2) is 4.57 Å². The summed E-state index contributed by atoms with van der Waals surface area (Å²) < 4.78 is 20.6. The first-order chi connectivity index (χ1) is 13.0. The fourth-order valence-electron chi connectivity index (χ4n) is 2.98. The molecule has 27 heavy (non-hydrogen) atoms. The third-order valence-electron chi connectivity index (χ3n) is 4.59. The monoisotopic (exact) mass is 410 g/mol. The van der Waals surface area contributed by atoms with Crippen LogP contribution < -0.4 is 0 Å². The summed E-state index contributed by atoms with van der Waals surface area (Å²) in [4.78, 5) is 22.4. The van der Waals surface area contributed by atoms with Crippen molar-refractivity contribution < 1.29 is 28.7 Å². The minimum atomic E-state index is -4.64. The molecular formula is C20H43O6P. The molecule has 0 rings (SSSR count). The Morgan fingerprint density at radius 1 is 0.704 bits per heavy atom. The van der Waals surface area contributed by atoms with E-state index in [1.54, 1.807) is 0 Å². The average molecular weight is 411 g/mol. The zero-order valence-electron chi connectivity index (χ0n) is 17.6. The van der Waals surface area contributed by atoms with Gasteiger partial charge in [-0.15, -0.1) is 4.67 Å². The maximum absolute atomic E-state index is 10.8. The van der Waals surface area contributed by atoms with Crippen molar-refractivity contribution in [3.05, 3.63) is 0 Å². The molecule has 1 atom stereocenters. The van der Waals surface area contributed by atoms with E-state index in [-0.39, 0.29) is 0 Å². The van der Waals surface area contributed by atoms with Crippen molar-refractivity contribution in [1.82, 2.24) is 0 Å². The third kappa shape index (κ3) is 22.2. The first-order valence-electron chi connectivity index (χ1n) is 11.0. The molecule has 0 aromatic carbocycles. The molecule has 0 aromatic heterocycles. The van der Waals surface area contributed by atoms with Gasteiger partial charge in [-0.3, -0.25) is 0 Å². The van der Waals surface area contributed by atoms with E-state index in [0.29, 0.717) is 13.0 Å². The quantitative estimate of drug-likeness (QED) is 0.0724. The lowest BCUT2D eigenvalue weighted by Crippen LogP contribution is -2.18. The normalized spacial score (nSPS) is 13.2. The summed E-state index contributed by atoms with van der Waals surface area (Å²) in [6.45, 7) is 4.94. The molecule has 6 nitrogen and oxygen atoms in total. The first-order valence-corrected chi connectivity index (χ1v) is 12.5. The van der Waals surface area contributed by atoms with Crippen LogP contribution in [0.4, 0.5) is 0 Å². The van der Waals surface area contributed by atoms with Gasteiger partial charge in [0.2, 0.25) is 0 Å². The molecule has 0 fully saturated rings. The van der Waals surface area contributed by atoms with Crippen LogP contribution in [-0.4, -0.2) is 22.7 Å². The van der Waals surface area contributed by atoms with E-state index in [9.17, 15) is 4.57 Å². The van der Waals surface area contributed by atoms with Crippen LogP contribution in [0.5, 0.6) is 0 Å². The van der Waals surface area contributed by atoms with E-state index in [1.807, 2.05) is 0 Å². The first kappa shape index (κ1) is 27.0. The summed E-state index contributed by atoms with van der Waals surface area (Å²) >= 11 is 0. The molecule has 0 aliphatic heterocycles. The number of rotatable bonds is 21. The van der Waals surface area contributed by atoms with Gasteiger partial charge in [-0.05, 0) is 12.8 Å². The fraction of sp³-hybridized carbons (Fsp3) is 1.00. The molecule has 1 unspecified atom stereocenters. The van der Waals surface area contributed by atoms with Crippen molar-refractivity contribution in [3.8, 4) is 0 Å². The molecule has 0 spiro atoms. The Bertz CT molecular complexity index is 347. The Kier molecular flexibility index (Phi) is 19.4. The van der Waals surface area contributed by atoms with Crippen molar-refractivity contribution >= 4 is 7.82 Å². The summed E-state index contributed by atoms with van der Waals surface area (Å²) in [5, 5.41) is 0. The van der Waals surface area contributed by atoms with Crippen molar-refractivity contribution in [2.24, 2.45) is 0 Å². The molecule has 0 amide bonds. The number of phosphoric acid groups is 1. The van der Waals surface area contributed by atoms with Crippen LogP contribution in [0.15, 0.2) is 0 Å². The molecule has 0 aromatic rings. The summed E-state index contributed by atoms with van der Waals surface area (Å²) in [6.07, 6.45) is 17.8. The molecule has 0 saturated carbocycles. The van der Waals surface area contributed by atoms with Crippen LogP contribution in [0, 0.1) is 0 Å². The molecule has 7 heteroatoms. The smallest absolute Gasteiger partial charge is 0.350 e. The maximum atomic E-state index is 10.8. The van der Waals surface area contributed by atoms with Gasteiger partial charge in [0.1, 0.15) is 0 Å². The molecule has 2 N–H and O–H groups in total. The Morgan fingerprint density at radius 2 is 1.15 bits per heavy atom. The molecular weight excluding hydrogens is 367 g/mol. The Balaban J connectivity index is 3.81. The lowest BCUT2D eigenvalue weighted by atomic mass is 10.1. The van der Waals surface area contributed by atoms with Crippen molar-refractivity contribution in [2.45, 2.75) is 123 Å².